The fraction of sp³-hybridized carbons (Fsp3) is 0.733. The van der Waals surface area contributed by atoms with Crippen LogP contribution in [-0.2, 0) is 6.54 Å². The van der Waals surface area contributed by atoms with E-state index in [1.165, 1.54) is 24.3 Å². The second kappa shape index (κ2) is 6.18. The van der Waals surface area contributed by atoms with Crippen LogP contribution in [0.1, 0.15) is 38.5 Å². The lowest BCUT2D eigenvalue weighted by atomic mass is 9.92. The number of rotatable bonds is 8. The van der Waals surface area contributed by atoms with E-state index in [1.807, 2.05) is 11.3 Å². The first-order valence-corrected chi connectivity index (χ1v) is 7.95. The molecule has 0 amide bonds. The molecule has 1 heterocycles. The molecule has 1 aromatic rings. The fourth-order valence-corrected chi connectivity index (χ4v) is 3.02. The van der Waals surface area contributed by atoms with Crippen molar-refractivity contribution < 1.29 is 0 Å². The van der Waals surface area contributed by atoms with Crippen molar-refractivity contribution in [2.45, 2.75) is 46.2 Å². The lowest BCUT2D eigenvalue weighted by molar-refractivity contribution is 0.175. The summed E-state index contributed by atoms with van der Waals surface area (Å²) in [6.45, 7) is 11.5. The van der Waals surface area contributed by atoms with E-state index in [1.54, 1.807) is 0 Å². The Kier molecular flexibility index (Phi) is 4.82. The molecule has 0 unspecified atom stereocenters. The summed E-state index contributed by atoms with van der Waals surface area (Å²) in [5.41, 5.74) is 0.357. The first-order chi connectivity index (χ1) is 8.59. The van der Waals surface area contributed by atoms with Gasteiger partial charge in [-0.1, -0.05) is 26.8 Å². The van der Waals surface area contributed by atoms with Crippen molar-refractivity contribution in [3.8, 4) is 0 Å². The molecule has 1 N–H and O–H groups in total. The monoisotopic (exact) mass is 266 g/mol. The summed E-state index contributed by atoms with van der Waals surface area (Å²) in [6.07, 6.45) is 2.76. The van der Waals surface area contributed by atoms with Crippen molar-refractivity contribution in [2.75, 3.05) is 19.6 Å². The molecule has 0 bridgehead atoms. The molecular weight excluding hydrogens is 240 g/mol. The topological polar surface area (TPSA) is 15.3 Å². The Labute approximate surface area is 115 Å². The highest BCUT2D eigenvalue weighted by atomic mass is 32.1. The Bertz CT molecular complexity index is 341. The molecule has 1 fully saturated rings. The molecule has 2 rings (SSSR count). The van der Waals surface area contributed by atoms with E-state index in [9.17, 15) is 0 Å². The number of nitrogens with one attached hydrogen (secondary N) is 1. The highest BCUT2D eigenvalue weighted by molar-refractivity contribution is 7.09. The molecule has 1 saturated carbocycles. The molecule has 2 nitrogen and oxygen atoms in total. The van der Waals surface area contributed by atoms with E-state index in [0.29, 0.717) is 5.41 Å². The molecule has 0 radical (unpaired) electrons. The third-order valence-corrected chi connectivity index (χ3v) is 4.37. The number of hydrogen-bond donors (Lipinski definition) is 1. The number of nitrogens with zero attached hydrogens (tertiary/aromatic N) is 1. The van der Waals surface area contributed by atoms with Crippen LogP contribution in [0.5, 0.6) is 0 Å². The molecule has 1 aliphatic rings. The highest BCUT2D eigenvalue weighted by Gasteiger charge is 2.26. The molecule has 1 aliphatic carbocycles. The normalized spacial score (nSPS) is 16.4. The van der Waals surface area contributed by atoms with Gasteiger partial charge in [-0.15, -0.1) is 11.3 Å². The van der Waals surface area contributed by atoms with Crippen LogP contribution in [0.15, 0.2) is 17.5 Å². The van der Waals surface area contributed by atoms with E-state index in [4.69, 9.17) is 0 Å². The zero-order valence-electron chi connectivity index (χ0n) is 11.9. The zero-order chi connectivity index (χ0) is 13.0. The van der Waals surface area contributed by atoms with Gasteiger partial charge in [0.25, 0.3) is 0 Å². The molecule has 3 heteroatoms. The maximum absolute atomic E-state index is 3.66. The van der Waals surface area contributed by atoms with E-state index in [2.05, 4.69) is 48.5 Å². The van der Waals surface area contributed by atoms with E-state index >= 15 is 0 Å². The van der Waals surface area contributed by atoms with Crippen molar-refractivity contribution in [1.29, 1.82) is 0 Å². The van der Waals surface area contributed by atoms with Crippen molar-refractivity contribution in [1.82, 2.24) is 10.2 Å². The largest absolute Gasteiger partial charge is 0.313 e. The van der Waals surface area contributed by atoms with Crippen LogP contribution in [0.3, 0.4) is 0 Å². The van der Waals surface area contributed by atoms with Gasteiger partial charge in [-0.05, 0) is 36.2 Å². The second-order valence-corrected chi connectivity index (χ2v) is 7.23. The summed E-state index contributed by atoms with van der Waals surface area (Å²) < 4.78 is 0. The lowest BCUT2D eigenvalue weighted by Crippen LogP contribution is -2.40. The fourth-order valence-electron chi connectivity index (χ4n) is 2.27. The Morgan fingerprint density at radius 1 is 1.44 bits per heavy atom. The summed E-state index contributed by atoms with van der Waals surface area (Å²) in [7, 11) is 0. The first-order valence-electron chi connectivity index (χ1n) is 7.07. The van der Waals surface area contributed by atoms with Crippen molar-refractivity contribution in [3.63, 3.8) is 0 Å². The Hall–Kier alpha value is -0.380. The van der Waals surface area contributed by atoms with Crippen LogP contribution in [0.4, 0.5) is 0 Å². The molecule has 0 spiro atoms. The molecule has 0 aliphatic heterocycles. The molecule has 18 heavy (non-hydrogen) atoms. The molecular formula is C15H26N2S. The van der Waals surface area contributed by atoms with Gasteiger partial charge in [0.1, 0.15) is 0 Å². The molecule has 1 aromatic heterocycles. The minimum absolute atomic E-state index is 0.357. The standard InChI is InChI=1S/C15H26N2S/c1-4-17(10-14-6-5-9-18-14)12-15(2,3)11-16-13-7-8-13/h5-6,9,13,16H,4,7-8,10-12H2,1-3H3. The van der Waals surface area contributed by atoms with Gasteiger partial charge in [0.2, 0.25) is 0 Å². The van der Waals surface area contributed by atoms with Crippen LogP contribution in [-0.4, -0.2) is 30.6 Å². The minimum Gasteiger partial charge on any atom is -0.313 e. The van der Waals surface area contributed by atoms with Crippen LogP contribution in [0.2, 0.25) is 0 Å². The van der Waals surface area contributed by atoms with Gasteiger partial charge in [-0.3, -0.25) is 4.90 Å². The molecule has 0 aromatic carbocycles. The van der Waals surface area contributed by atoms with Crippen LogP contribution in [0.25, 0.3) is 0 Å². The van der Waals surface area contributed by atoms with E-state index < -0.39 is 0 Å². The summed E-state index contributed by atoms with van der Waals surface area (Å²) in [5, 5.41) is 5.83. The Morgan fingerprint density at radius 3 is 2.78 bits per heavy atom. The predicted molar refractivity (Wildman–Crippen MR) is 80.1 cm³/mol. The van der Waals surface area contributed by atoms with Gasteiger partial charge in [0, 0.05) is 30.6 Å². The Morgan fingerprint density at radius 2 is 2.22 bits per heavy atom. The van der Waals surface area contributed by atoms with Crippen molar-refractivity contribution in [2.24, 2.45) is 5.41 Å². The van der Waals surface area contributed by atoms with Gasteiger partial charge < -0.3 is 5.32 Å². The quantitative estimate of drug-likeness (QED) is 0.776. The smallest absolute Gasteiger partial charge is 0.0328 e. The SMILES string of the molecule is CCN(Cc1cccs1)CC(C)(C)CNC1CC1. The van der Waals surface area contributed by atoms with Crippen LogP contribution in [0, 0.1) is 5.41 Å². The van der Waals surface area contributed by atoms with Crippen LogP contribution >= 0.6 is 11.3 Å². The van der Waals surface area contributed by atoms with Gasteiger partial charge in [-0.2, -0.15) is 0 Å². The third-order valence-electron chi connectivity index (χ3n) is 3.51. The van der Waals surface area contributed by atoms with Gasteiger partial charge in [0.15, 0.2) is 0 Å². The first kappa shape index (κ1) is 14.0. The lowest BCUT2D eigenvalue weighted by Gasteiger charge is -2.32. The number of thiophene rings is 1. The van der Waals surface area contributed by atoms with Gasteiger partial charge in [-0.25, -0.2) is 0 Å². The molecule has 0 saturated heterocycles. The van der Waals surface area contributed by atoms with Gasteiger partial charge >= 0.3 is 0 Å². The summed E-state index contributed by atoms with van der Waals surface area (Å²) in [6, 6.07) is 5.20. The minimum atomic E-state index is 0.357. The summed E-state index contributed by atoms with van der Waals surface area (Å²) in [4.78, 5) is 4.03. The number of hydrogen-bond acceptors (Lipinski definition) is 3. The maximum Gasteiger partial charge on any atom is 0.0328 e. The highest BCUT2D eigenvalue weighted by Crippen LogP contribution is 2.23. The van der Waals surface area contributed by atoms with Crippen molar-refractivity contribution in [3.05, 3.63) is 22.4 Å². The van der Waals surface area contributed by atoms with Crippen LogP contribution < -0.4 is 5.32 Å². The average Bonchev–Trinajstić information content (AvgIpc) is 3.03. The molecule has 0 atom stereocenters. The van der Waals surface area contributed by atoms with E-state index in [0.717, 1.165) is 25.7 Å². The summed E-state index contributed by atoms with van der Waals surface area (Å²) in [5.74, 6) is 0. The predicted octanol–water partition coefficient (Wildman–Crippen LogP) is 3.35. The maximum atomic E-state index is 3.66. The third kappa shape index (κ3) is 4.71. The van der Waals surface area contributed by atoms with Gasteiger partial charge in [0.05, 0.1) is 0 Å². The Balaban J connectivity index is 1.79. The zero-order valence-corrected chi connectivity index (χ0v) is 12.7. The second-order valence-electron chi connectivity index (χ2n) is 6.20. The summed E-state index contributed by atoms with van der Waals surface area (Å²) >= 11 is 1.86. The molecule has 102 valence electrons. The van der Waals surface area contributed by atoms with Crippen molar-refractivity contribution >= 4 is 11.3 Å². The van der Waals surface area contributed by atoms with E-state index in [-0.39, 0.29) is 0 Å². The average molecular weight is 266 g/mol.